The van der Waals surface area contributed by atoms with Gasteiger partial charge < -0.3 is 19.5 Å². The van der Waals surface area contributed by atoms with Crippen LogP contribution in [-0.4, -0.2) is 39.2 Å². The molecule has 2 atom stereocenters. The lowest BCUT2D eigenvalue weighted by Gasteiger charge is -2.28. The van der Waals surface area contributed by atoms with Crippen LogP contribution in [0.1, 0.15) is 72.9 Å². The van der Waals surface area contributed by atoms with Crippen molar-refractivity contribution in [2.75, 3.05) is 13.7 Å². The standard InChI is InChI=1S/C23H30N4O2S/c1-15-14-18(16(2)27(15)17-8-4-5-9-17)22-21(19-10-6-7-12-24-19)25-23(30)26(22)13-11-20(28)29-3/h6-7,10,12,14,17,21-22H,4-5,8-9,11,13H2,1-3H3,(H,25,30). The van der Waals surface area contributed by atoms with Crippen LogP contribution in [0, 0.1) is 13.8 Å². The molecule has 1 saturated carbocycles. The summed E-state index contributed by atoms with van der Waals surface area (Å²) in [6.07, 6.45) is 7.20. The molecule has 6 nitrogen and oxygen atoms in total. The Balaban J connectivity index is 1.74. The maximum absolute atomic E-state index is 11.8. The number of carbonyl (C=O) groups excluding carboxylic acids is 1. The van der Waals surface area contributed by atoms with Crippen LogP contribution in [-0.2, 0) is 9.53 Å². The highest BCUT2D eigenvalue weighted by Gasteiger charge is 2.41. The third-order valence-electron chi connectivity index (χ3n) is 6.51. The number of carbonyl (C=O) groups is 1. The molecule has 0 amide bonds. The van der Waals surface area contributed by atoms with Gasteiger partial charge in [-0.25, -0.2) is 0 Å². The third-order valence-corrected chi connectivity index (χ3v) is 6.87. The van der Waals surface area contributed by atoms with E-state index in [0.29, 0.717) is 24.1 Å². The molecule has 0 aromatic carbocycles. The minimum Gasteiger partial charge on any atom is -0.469 e. The van der Waals surface area contributed by atoms with Crippen molar-refractivity contribution in [1.82, 2.24) is 19.8 Å². The van der Waals surface area contributed by atoms with Crippen molar-refractivity contribution in [3.05, 3.63) is 53.1 Å². The lowest BCUT2D eigenvalue weighted by molar-refractivity contribution is -0.140. The van der Waals surface area contributed by atoms with Gasteiger partial charge in [-0.05, 0) is 62.7 Å². The van der Waals surface area contributed by atoms with Crippen molar-refractivity contribution in [3.8, 4) is 0 Å². The Labute approximate surface area is 183 Å². The predicted octanol–water partition coefficient (Wildman–Crippen LogP) is 4.15. The second kappa shape index (κ2) is 8.76. The minimum absolute atomic E-state index is 0.0154. The van der Waals surface area contributed by atoms with E-state index in [2.05, 4.69) is 39.7 Å². The smallest absolute Gasteiger partial charge is 0.307 e. The number of rotatable bonds is 6. The van der Waals surface area contributed by atoms with Gasteiger partial charge in [0.05, 0.1) is 31.3 Å². The van der Waals surface area contributed by atoms with Gasteiger partial charge in [-0.15, -0.1) is 0 Å². The van der Waals surface area contributed by atoms with Crippen molar-refractivity contribution in [2.24, 2.45) is 0 Å². The number of esters is 1. The SMILES string of the molecule is COC(=O)CCN1C(=S)NC(c2ccccn2)C1c1cc(C)n(C2CCCC2)c1C. The number of nitrogens with one attached hydrogen (secondary N) is 1. The molecule has 1 aliphatic heterocycles. The van der Waals surface area contributed by atoms with Gasteiger partial charge in [0.15, 0.2) is 5.11 Å². The maximum atomic E-state index is 11.8. The summed E-state index contributed by atoms with van der Waals surface area (Å²) in [5, 5.41) is 4.13. The first-order valence-corrected chi connectivity index (χ1v) is 11.1. The van der Waals surface area contributed by atoms with E-state index in [1.807, 2.05) is 24.4 Å². The largest absolute Gasteiger partial charge is 0.469 e. The van der Waals surface area contributed by atoms with Gasteiger partial charge >= 0.3 is 5.97 Å². The Morgan fingerprint density at radius 3 is 2.73 bits per heavy atom. The molecule has 2 aromatic heterocycles. The van der Waals surface area contributed by atoms with Crippen LogP contribution < -0.4 is 5.32 Å². The predicted molar refractivity (Wildman–Crippen MR) is 120 cm³/mol. The lowest BCUT2D eigenvalue weighted by Crippen LogP contribution is -2.32. The van der Waals surface area contributed by atoms with E-state index in [4.69, 9.17) is 17.0 Å². The molecule has 160 valence electrons. The van der Waals surface area contributed by atoms with Crippen LogP contribution >= 0.6 is 12.2 Å². The second-order valence-corrected chi connectivity index (χ2v) is 8.67. The number of aromatic nitrogens is 2. The van der Waals surface area contributed by atoms with E-state index >= 15 is 0 Å². The molecular formula is C23H30N4O2S. The number of hydrogen-bond donors (Lipinski definition) is 1. The maximum Gasteiger partial charge on any atom is 0.307 e. The first kappa shape index (κ1) is 20.8. The zero-order chi connectivity index (χ0) is 21.3. The van der Waals surface area contributed by atoms with Crippen molar-refractivity contribution in [2.45, 2.75) is 64.1 Å². The first-order chi connectivity index (χ1) is 14.5. The number of hydrogen-bond acceptors (Lipinski definition) is 4. The summed E-state index contributed by atoms with van der Waals surface area (Å²) in [4.78, 5) is 18.6. The average molecular weight is 427 g/mol. The molecule has 4 rings (SSSR count). The van der Waals surface area contributed by atoms with Crippen molar-refractivity contribution in [3.63, 3.8) is 0 Å². The minimum atomic E-state index is -0.228. The van der Waals surface area contributed by atoms with Crippen molar-refractivity contribution in [1.29, 1.82) is 0 Å². The highest BCUT2D eigenvalue weighted by atomic mass is 32.1. The molecule has 1 N–H and O–H groups in total. The molecule has 2 aromatic rings. The molecule has 1 saturated heterocycles. The molecule has 30 heavy (non-hydrogen) atoms. The van der Waals surface area contributed by atoms with E-state index in [1.54, 1.807) is 0 Å². The van der Waals surface area contributed by atoms with Gasteiger partial charge in [-0.2, -0.15) is 0 Å². The van der Waals surface area contributed by atoms with E-state index in [0.717, 1.165) is 5.69 Å². The Kier molecular flexibility index (Phi) is 6.09. The van der Waals surface area contributed by atoms with Crippen LogP contribution in [0.15, 0.2) is 30.5 Å². The third kappa shape index (κ3) is 3.83. The fourth-order valence-electron chi connectivity index (χ4n) is 5.12. The number of ether oxygens (including phenoxy) is 1. The van der Waals surface area contributed by atoms with E-state index in [1.165, 1.54) is 49.7 Å². The van der Waals surface area contributed by atoms with Gasteiger partial charge in [0.1, 0.15) is 0 Å². The van der Waals surface area contributed by atoms with Crippen LogP contribution in [0.5, 0.6) is 0 Å². The summed E-state index contributed by atoms with van der Waals surface area (Å²) in [7, 11) is 1.42. The Morgan fingerprint density at radius 2 is 2.07 bits per heavy atom. The lowest BCUT2D eigenvalue weighted by atomic mass is 9.96. The number of pyridine rings is 1. The number of thiocarbonyl (C=S) groups is 1. The zero-order valence-electron chi connectivity index (χ0n) is 17.9. The Bertz CT molecular complexity index is 921. The fraction of sp³-hybridized carbons (Fsp3) is 0.522. The van der Waals surface area contributed by atoms with Gasteiger partial charge in [0.2, 0.25) is 0 Å². The normalized spacial score (nSPS) is 21.8. The van der Waals surface area contributed by atoms with E-state index in [9.17, 15) is 4.79 Å². The number of methoxy groups -OCH3 is 1. The Hall–Kier alpha value is -2.41. The molecule has 3 heterocycles. The molecule has 7 heteroatoms. The first-order valence-electron chi connectivity index (χ1n) is 10.7. The molecule has 2 aliphatic rings. The summed E-state index contributed by atoms with van der Waals surface area (Å²) in [6.45, 7) is 4.93. The van der Waals surface area contributed by atoms with Gasteiger partial charge in [0, 0.05) is 30.2 Å². The monoisotopic (exact) mass is 426 g/mol. The summed E-state index contributed by atoms with van der Waals surface area (Å²) in [6, 6.07) is 8.77. The van der Waals surface area contributed by atoms with Crippen LogP contribution in [0.4, 0.5) is 0 Å². The van der Waals surface area contributed by atoms with Gasteiger partial charge in [0.25, 0.3) is 0 Å². The summed E-state index contributed by atoms with van der Waals surface area (Å²) < 4.78 is 7.38. The molecule has 2 unspecified atom stereocenters. The Morgan fingerprint density at radius 1 is 1.30 bits per heavy atom. The molecular weight excluding hydrogens is 396 g/mol. The van der Waals surface area contributed by atoms with Crippen molar-refractivity contribution >= 4 is 23.3 Å². The van der Waals surface area contributed by atoms with E-state index in [-0.39, 0.29) is 18.1 Å². The molecule has 2 fully saturated rings. The zero-order valence-corrected chi connectivity index (χ0v) is 18.7. The van der Waals surface area contributed by atoms with Crippen LogP contribution in [0.3, 0.4) is 0 Å². The van der Waals surface area contributed by atoms with E-state index < -0.39 is 0 Å². The topological polar surface area (TPSA) is 59.4 Å². The molecule has 0 spiro atoms. The van der Waals surface area contributed by atoms with Crippen LogP contribution in [0.25, 0.3) is 0 Å². The van der Waals surface area contributed by atoms with Crippen molar-refractivity contribution < 1.29 is 9.53 Å². The quantitative estimate of drug-likeness (QED) is 0.553. The van der Waals surface area contributed by atoms with Gasteiger partial charge in [-0.1, -0.05) is 18.9 Å². The molecule has 0 radical (unpaired) electrons. The fourth-order valence-corrected chi connectivity index (χ4v) is 5.46. The highest BCUT2D eigenvalue weighted by molar-refractivity contribution is 7.80. The highest BCUT2D eigenvalue weighted by Crippen LogP contribution is 2.42. The summed E-state index contributed by atoms with van der Waals surface area (Å²) in [5.41, 5.74) is 4.79. The summed E-state index contributed by atoms with van der Waals surface area (Å²) >= 11 is 5.70. The second-order valence-electron chi connectivity index (χ2n) is 8.28. The number of nitrogens with zero attached hydrogens (tertiary/aromatic N) is 3. The molecule has 1 aliphatic carbocycles. The van der Waals surface area contributed by atoms with Gasteiger partial charge in [-0.3, -0.25) is 9.78 Å². The average Bonchev–Trinajstić information content (AvgIpc) is 3.45. The number of aryl methyl sites for hydroxylation is 1. The molecule has 0 bridgehead atoms. The summed E-state index contributed by atoms with van der Waals surface area (Å²) in [5.74, 6) is -0.228. The van der Waals surface area contributed by atoms with Crippen LogP contribution in [0.2, 0.25) is 0 Å².